The summed E-state index contributed by atoms with van der Waals surface area (Å²) in [4.78, 5) is 0. The number of fused-ring (bicyclic) bond motifs is 3. The van der Waals surface area contributed by atoms with E-state index >= 15 is 0 Å². The number of allylic oxidation sites excluding steroid dienone is 2. The van der Waals surface area contributed by atoms with Crippen molar-refractivity contribution in [2.75, 3.05) is 13.1 Å². The van der Waals surface area contributed by atoms with Gasteiger partial charge in [0.25, 0.3) is 0 Å². The molecular formula is C13H18N2. The maximum absolute atomic E-state index is 3.65. The Bertz CT molecular complexity index is 352. The van der Waals surface area contributed by atoms with Gasteiger partial charge in [-0.1, -0.05) is 31.2 Å². The van der Waals surface area contributed by atoms with Gasteiger partial charge in [0.15, 0.2) is 0 Å². The van der Waals surface area contributed by atoms with Crippen LogP contribution >= 0.6 is 0 Å². The summed E-state index contributed by atoms with van der Waals surface area (Å²) in [5.74, 6) is 0.738. The van der Waals surface area contributed by atoms with Crippen molar-refractivity contribution in [1.82, 2.24) is 10.6 Å². The summed E-state index contributed by atoms with van der Waals surface area (Å²) in [7, 11) is 0. The molecule has 2 nitrogen and oxygen atoms in total. The molecule has 3 rings (SSSR count). The second kappa shape index (κ2) is 3.62. The summed E-state index contributed by atoms with van der Waals surface area (Å²) in [6.45, 7) is 4.50. The minimum atomic E-state index is 0.498. The highest BCUT2D eigenvalue weighted by Gasteiger charge is 2.34. The van der Waals surface area contributed by atoms with E-state index in [0.29, 0.717) is 12.1 Å². The van der Waals surface area contributed by atoms with Crippen LogP contribution in [0.25, 0.3) is 0 Å². The SMILES string of the molecule is CC1CCNC2C1=CC=C1C=CCNC12. The fourth-order valence-corrected chi connectivity index (χ4v) is 2.90. The molecule has 0 aromatic carbocycles. The molecule has 2 aliphatic heterocycles. The second-order valence-electron chi connectivity index (χ2n) is 4.74. The van der Waals surface area contributed by atoms with E-state index in [4.69, 9.17) is 0 Å². The van der Waals surface area contributed by atoms with Crippen LogP contribution in [-0.4, -0.2) is 25.2 Å². The van der Waals surface area contributed by atoms with Gasteiger partial charge < -0.3 is 10.6 Å². The molecule has 0 saturated carbocycles. The third-order valence-electron chi connectivity index (χ3n) is 3.80. The Hall–Kier alpha value is -0.860. The van der Waals surface area contributed by atoms with Crippen LogP contribution in [0.15, 0.2) is 35.5 Å². The van der Waals surface area contributed by atoms with E-state index in [-0.39, 0.29) is 0 Å². The van der Waals surface area contributed by atoms with Crippen molar-refractivity contribution < 1.29 is 0 Å². The van der Waals surface area contributed by atoms with Crippen LogP contribution in [0, 0.1) is 5.92 Å². The van der Waals surface area contributed by atoms with Crippen molar-refractivity contribution in [2.24, 2.45) is 5.92 Å². The highest BCUT2D eigenvalue weighted by molar-refractivity contribution is 5.43. The fraction of sp³-hybridized carbons (Fsp3) is 0.538. The Morgan fingerprint density at radius 3 is 3.07 bits per heavy atom. The lowest BCUT2D eigenvalue weighted by atomic mass is 9.78. The predicted octanol–water partition coefficient (Wildman–Crippen LogP) is 1.38. The minimum Gasteiger partial charge on any atom is -0.309 e. The molecule has 0 spiro atoms. The van der Waals surface area contributed by atoms with Crippen LogP contribution in [0.5, 0.6) is 0 Å². The molecule has 1 fully saturated rings. The summed E-state index contributed by atoms with van der Waals surface area (Å²) >= 11 is 0. The van der Waals surface area contributed by atoms with Crippen LogP contribution in [0.4, 0.5) is 0 Å². The van der Waals surface area contributed by atoms with E-state index in [9.17, 15) is 0 Å². The predicted molar refractivity (Wildman–Crippen MR) is 62.7 cm³/mol. The first-order valence-electron chi connectivity index (χ1n) is 5.91. The molecule has 1 aliphatic carbocycles. The number of piperidine rings is 1. The summed E-state index contributed by atoms with van der Waals surface area (Å²) in [5.41, 5.74) is 3.01. The van der Waals surface area contributed by atoms with E-state index < -0.39 is 0 Å². The first-order chi connectivity index (χ1) is 7.36. The van der Waals surface area contributed by atoms with Crippen molar-refractivity contribution in [3.05, 3.63) is 35.5 Å². The topological polar surface area (TPSA) is 24.1 Å². The first kappa shape index (κ1) is 9.37. The Morgan fingerprint density at radius 2 is 2.13 bits per heavy atom. The molecule has 0 radical (unpaired) electrons. The molecule has 0 bridgehead atoms. The van der Waals surface area contributed by atoms with Crippen LogP contribution in [0.2, 0.25) is 0 Å². The number of hydrogen-bond donors (Lipinski definition) is 2. The van der Waals surface area contributed by atoms with E-state index in [1.165, 1.54) is 12.0 Å². The average Bonchev–Trinajstić information content (AvgIpc) is 2.29. The monoisotopic (exact) mass is 202 g/mol. The smallest absolute Gasteiger partial charge is 0.0517 e. The van der Waals surface area contributed by atoms with E-state index in [1.54, 1.807) is 5.57 Å². The largest absolute Gasteiger partial charge is 0.309 e. The molecule has 15 heavy (non-hydrogen) atoms. The Labute approximate surface area is 91.1 Å². The Balaban J connectivity index is 1.97. The molecule has 0 amide bonds. The molecular weight excluding hydrogens is 184 g/mol. The molecule has 2 heteroatoms. The number of nitrogens with one attached hydrogen (secondary N) is 2. The Morgan fingerprint density at radius 1 is 1.20 bits per heavy atom. The van der Waals surface area contributed by atoms with Crippen molar-refractivity contribution >= 4 is 0 Å². The molecule has 0 aromatic rings. The van der Waals surface area contributed by atoms with Gasteiger partial charge in [0.2, 0.25) is 0 Å². The lowest BCUT2D eigenvalue weighted by Gasteiger charge is -2.41. The zero-order valence-corrected chi connectivity index (χ0v) is 9.16. The molecule has 3 atom stereocenters. The average molecular weight is 202 g/mol. The van der Waals surface area contributed by atoms with Crippen LogP contribution in [0.1, 0.15) is 13.3 Å². The zero-order chi connectivity index (χ0) is 10.3. The van der Waals surface area contributed by atoms with Gasteiger partial charge in [0.1, 0.15) is 0 Å². The van der Waals surface area contributed by atoms with Crippen molar-refractivity contribution in [3.8, 4) is 0 Å². The lowest BCUT2D eigenvalue weighted by molar-refractivity contribution is 0.360. The molecule has 2 N–H and O–H groups in total. The molecule has 80 valence electrons. The van der Waals surface area contributed by atoms with Gasteiger partial charge in [-0.25, -0.2) is 0 Å². The molecule has 3 aliphatic rings. The van der Waals surface area contributed by atoms with Gasteiger partial charge in [-0.3, -0.25) is 0 Å². The highest BCUT2D eigenvalue weighted by Crippen LogP contribution is 2.31. The Kier molecular flexibility index (Phi) is 2.26. The minimum absolute atomic E-state index is 0.498. The summed E-state index contributed by atoms with van der Waals surface area (Å²) in [6, 6.07) is 1.02. The molecule has 2 heterocycles. The van der Waals surface area contributed by atoms with Crippen molar-refractivity contribution in [3.63, 3.8) is 0 Å². The third-order valence-corrected chi connectivity index (χ3v) is 3.80. The maximum atomic E-state index is 3.65. The van der Waals surface area contributed by atoms with Crippen molar-refractivity contribution in [1.29, 1.82) is 0 Å². The van der Waals surface area contributed by atoms with Gasteiger partial charge >= 0.3 is 0 Å². The standard InChI is InChI=1S/C13H18N2/c1-9-6-8-15-13-11(9)5-4-10-3-2-7-14-12(10)13/h2-5,9,12-15H,6-8H2,1H3. The quantitative estimate of drug-likeness (QED) is 0.620. The van der Waals surface area contributed by atoms with Crippen LogP contribution in [-0.2, 0) is 0 Å². The number of rotatable bonds is 0. The lowest BCUT2D eigenvalue weighted by Crippen LogP contribution is -2.55. The summed E-state index contributed by atoms with van der Waals surface area (Å²) in [5, 5.41) is 7.23. The van der Waals surface area contributed by atoms with E-state index in [1.807, 2.05) is 0 Å². The third kappa shape index (κ3) is 1.48. The van der Waals surface area contributed by atoms with Gasteiger partial charge in [-0.05, 0) is 30.0 Å². The molecule has 0 aromatic heterocycles. The fourth-order valence-electron chi connectivity index (χ4n) is 2.90. The molecule has 1 saturated heterocycles. The maximum Gasteiger partial charge on any atom is 0.0517 e. The van der Waals surface area contributed by atoms with E-state index in [0.717, 1.165) is 19.0 Å². The molecule has 3 unspecified atom stereocenters. The van der Waals surface area contributed by atoms with Gasteiger partial charge in [-0.15, -0.1) is 0 Å². The summed E-state index contributed by atoms with van der Waals surface area (Å²) < 4.78 is 0. The van der Waals surface area contributed by atoms with Crippen LogP contribution in [0.3, 0.4) is 0 Å². The highest BCUT2D eigenvalue weighted by atomic mass is 15.0. The first-order valence-corrected chi connectivity index (χ1v) is 5.91. The van der Waals surface area contributed by atoms with Gasteiger partial charge in [0.05, 0.1) is 6.04 Å². The zero-order valence-electron chi connectivity index (χ0n) is 9.16. The summed E-state index contributed by atoms with van der Waals surface area (Å²) in [6.07, 6.45) is 10.3. The number of hydrogen-bond acceptors (Lipinski definition) is 2. The van der Waals surface area contributed by atoms with E-state index in [2.05, 4.69) is 41.9 Å². The van der Waals surface area contributed by atoms with Crippen molar-refractivity contribution in [2.45, 2.75) is 25.4 Å². The normalized spacial score (nSPS) is 38.9. The second-order valence-corrected chi connectivity index (χ2v) is 4.74. The van der Waals surface area contributed by atoms with Crippen LogP contribution < -0.4 is 10.6 Å². The van der Waals surface area contributed by atoms with Gasteiger partial charge in [0, 0.05) is 12.6 Å². The van der Waals surface area contributed by atoms with Gasteiger partial charge in [-0.2, -0.15) is 0 Å².